The molecule has 88 valence electrons. The lowest BCUT2D eigenvalue weighted by molar-refractivity contribution is 0.0690. The Hall–Kier alpha value is -0.0400. The van der Waals surface area contributed by atoms with Gasteiger partial charge in [-0.2, -0.15) is 0 Å². The van der Waals surface area contributed by atoms with E-state index in [1.807, 2.05) is 0 Å². The molecule has 2 atom stereocenters. The molecule has 0 radical (unpaired) electrons. The van der Waals surface area contributed by atoms with E-state index in [0.717, 1.165) is 17.9 Å². The Kier molecular flexibility index (Phi) is 4.07. The zero-order chi connectivity index (χ0) is 10.7. The van der Waals surface area contributed by atoms with Crippen LogP contribution in [0.1, 0.15) is 58.8 Å². The summed E-state index contributed by atoms with van der Waals surface area (Å²) in [6, 6.07) is 0.940. The first-order valence-corrected chi connectivity index (χ1v) is 7.03. The number of hydrogen-bond acceptors (Lipinski definition) is 1. The summed E-state index contributed by atoms with van der Waals surface area (Å²) in [4.78, 5) is 2.82. The van der Waals surface area contributed by atoms with Crippen molar-refractivity contribution in [2.75, 3.05) is 13.1 Å². The second-order valence-corrected chi connectivity index (χ2v) is 5.86. The van der Waals surface area contributed by atoms with Crippen molar-refractivity contribution in [3.8, 4) is 0 Å². The van der Waals surface area contributed by atoms with E-state index in [9.17, 15) is 0 Å². The van der Waals surface area contributed by atoms with Gasteiger partial charge in [0.05, 0.1) is 0 Å². The lowest BCUT2D eigenvalue weighted by atomic mass is 9.85. The van der Waals surface area contributed by atoms with Crippen molar-refractivity contribution >= 4 is 0 Å². The molecule has 0 aromatic heterocycles. The topological polar surface area (TPSA) is 3.24 Å². The fourth-order valence-electron chi connectivity index (χ4n) is 3.56. The van der Waals surface area contributed by atoms with Crippen molar-refractivity contribution in [2.24, 2.45) is 11.8 Å². The van der Waals surface area contributed by atoms with Gasteiger partial charge in [0.2, 0.25) is 0 Å². The highest BCUT2D eigenvalue weighted by atomic mass is 15.2. The molecule has 1 heterocycles. The third-order valence-corrected chi connectivity index (χ3v) is 4.44. The summed E-state index contributed by atoms with van der Waals surface area (Å²) in [6.07, 6.45) is 10.2. The van der Waals surface area contributed by atoms with Crippen molar-refractivity contribution in [3.63, 3.8) is 0 Å². The predicted molar refractivity (Wildman–Crippen MR) is 66.0 cm³/mol. The molecule has 1 aliphatic heterocycles. The minimum atomic E-state index is 0.936. The molecule has 0 aromatic rings. The molecular weight excluding hydrogens is 182 g/mol. The Morgan fingerprint density at radius 2 is 1.80 bits per heavy atom. The van der Waals surface area contributed by atoms with Crippen LogP contribution >= 0.6 is 0 Å². The number of hydrogen-bond donors (Lipinski definition) is 0. The van der Waals surface area contributed by atoms with Crippen molar-refractivity contribution < 1.29 is 0 Å². The summed E-state index contributed by atoms with van der Waals surface area (Å²) >= 11 is 0. The van der Waals surface area contributed by atoms with Crippen LogP contribution in [0.4, 0.5) is 0 Å². The van der Waals surface area contributed by atoms with Crippen LogP contribution in [0.5, 0.6) is 0 Å². The van der Waals surface area contributed by atoms with E-state index >= 15 is 0 Å². The molecule has 0 N–H and O–H groups in total. The Morgan fingerprint density at radius 1 is 1.07 bits per heavy atom. The van der Waals surface area contributed by atoms with E-state index in [1.165, 1.54) is 58.0 Å². The highest BCUT2D eigenvalue weighted by Gasteiger charge is 2.29. The quantitative estimate of drug-likeness (QED) is 0.670. The molecule has 1 nitrogen and oxygen atoms in total. The Labute approximate surface area is 95.2 Å². The van der Waals surface area contributed by atoms with Crippen LogP contribution in [0.15, 0.2) is 0 Å². The molecule has 2 aliphatic rings. The van der Waals surface area contributed by atoms with Crippen molar-refractivity contribution in [2.45, 2.75) is 64.8 Å². The first-order chi connectivity index (χ1) is 7.29. The lowest BCUT2D eigenvalue weighted by Crippen LogP contribution is -2.46. The molecule has 0 aromatic carbocycles. The van der Waals surface area contributed by atoms with Crippen LogP contribution in [0.3, 0.4) is 0 Å². The molecule has 1 saturated heterocycles. The molecule has 1 saturated carbocycles. The molecule has 0 bridgehead atoms. The van der Waals surface area contributed by atoms with Crippen LogP contribution < -0.4 is 0 Å². The smallest absolute Gasteiger partial charge is 0.00954 e. The van der Waals surface area contributed by atoms with Gasteiger partial charge in [0.15, 0.2) is 0 Å². The van der Waals surface area contributed by atoms with Gasteiger partial charge < -0.3 is 0 Å². The normalized spacial score (nSPS) is 35.6. The van der Waals surface area contributed by atoms with Gasteiger partial charge >= 0.3 is 0 Å². The van der Waals surface area contributed by atoms with E-state index in [1.54, 1.807) is 0 Å². The number of rotatable bonds is 2. The Morgan fingerprint density at radius 3 is 2.47 bits per heavy atom. The van der Waals surface area contributed by atoms with Crippen LogP contribution in [0.2, 0.25) is 0 Å². The average molecular weight is 209 g/mol. The van der Waals surface area contributed by atoms with Gasteiger partial charge in [0.25, 0.3) is 0 Å². The fourth-order valence-corrected chi connectivity index (χ4v) is 3.56. The third-order valence-electron chi connectivity index (χ3n) is 4.44. The molecule has 2 rings (SSSR count). The molecule has 2 fully saturated rings. The highest BCUT2D eigenvalue weighted by Crippen LogP contribution is 2.30. The fraction of sp³-hybridized carbons (Fsp3) is 1.00. The molecule has 0 spiro atoms. The number of piperidine rings is 1. The zero-order valence-electron chi connectivity index (χ0n) is 10.5. The third kappa shape index (κ3) is 2.96. The molecule has 1 aliphatic carbocycles. The maximum Gasteiger partial charge on any atom is 0.00954 e. The largest absolute Gasteiger partial charge is 0.300 e. The second-order valence-electron chi connectivity index (χ2n) is 5.86. The molecule has 2 unspecified atom stereocenters. The predicted octanol–water partition coefficient (Wildman–Crippen LogP) is 3.69. The van der Waals surface area contributed by atoms with Gasteiger partial charge in [-0.25, -0.2) is 0 Å². The minimum Gasteiger partial charge on any atom is -0.300 e. The first kappa shape index (κ1) is 11.4. The second kappa shape index (κ2) is 5.34. The van der Waals surface area contributed by atoms with Gasteiger partial charge in [-0.3, -0.25) is 4.90 Å². The Balaban J connectivity index is 1.89. The monoisotopic (exact) mass is 209 g/mol. The minimum absolute atomic E-state index is 0.936. The number of likely N-dealkylation sites (tertiary alicyclic amines) is 1. The maximum absolute atomic E-state index is 2.82. The van der Waals surface area contributed by atoms with Crippen LogP contribution in [0, 0.1) is 11.8 Å². The zero-order valence-corrected chi connectivity index (χ0v) is 10.5. The van der Waals surface area contributed by atoms with E-state index < -0.39 is 0 Å². The maximum atomic E-state index is 2.82. The van der Waals surface area contributed by atoms with Crippen molar-refractivity contribution in [1.82, 2.24) is 4.90 Å². The Bertz CT molecular complexity index is 184. The SMILES string of the molecule is CCC1CC(C)CN(C2CCCCC2)C1. The van der Waals surface area contributed by atoms with Crippen LogP contribution in [-0.2, 0) is 0 Å². The van der Waals surface area contributed by atoms with Crippen LogP contribution in [0.25, 0.3) is 0 Å². The average Bonchev–Trinajstić information content (AvgIpc) is 2.29. The summed E-state index contributed by atoms with van der Waals surface area (Å²) < 4.78 is 0. The summed E-state index contributed by atoms with van der Waals surface area (Å²) in [5.74, 6) is 1.92. The van der Waals surface area contributed by atoms with Crippen molar-refractivity contribution in [3.05, 3.63) is 0 Å². The lowest BCUT2D eigenvalue weighted by Gasteiger charge is -2.42. The van der Waals surface area contributed by atoms with Gasteiger partial charge in [-0.1, -0.05) is 39.5 Å². The van der Waals surface area contributed by atoms with E-state index in [2.05, 4.69) is 18.7 Å². The van der Waals surface area contributed by atoms with E-state index in [0.29, 0.717) is 0 Å². The first-order valence-electron chi connectivity index (χ1n) is 7.03. The molecule has 1 heteroatoms. The highest BCUT2D eigenvalue weighted by molar-refractivity contribution is 4.83. The summed E-state index contributed by atoms with van der Waals surface area (Å²) in [7, 11) is 0. The number of nitrogens with zero attached hydrogens (tertiary/aromatic N) is 1. The van der Waals surface area contributed by atoms with Crippen molar-refractivity contribution in [1.29, 1.82) is 0 Å². The van der Waals surface area contributed by atoms with Gasteiger partial charge in [-0.05, 0) is 31.1 Å². The summed E-state index contributed by atoms with van der Waals surface area (Å²) in [5.41, 5.74) is 0. The van der Waals surface area contributed by atoms with Gasteiger partial charge in [0, 0.05) is 19.1 Å². The van der Waals surface area contributed by atoms with E-state index in [-0.39, 0.29) is 0 Å². The summed E-state index contributed by atoms with van der Waals surface area (Å²) in [6.45, 7) is 7.58. The van der Waals surface area contributed by atoms with Gasteiger partial charge in [-0.15, -0.1) is 0 Å². The molecular formula is C14H27N. The molecule has 15 heavy (non-hydrogen) atoms. The molecule has 0 amide bonds. The van der Waals surface area contributed by atoms with E-state index in [4.69, 9.17) is 0 Å². The standard InChI is InChI=1S/C14H27N/c1-3-13-9-12(2)10-15(11-13)14-7-5-4-6-8-14/h12-14H,3-11H2,1-2H3. The summed E-state index contributed by atoms with van der Waals surface area (Å²) in [5, 5.41) is 0. The van der Waals surface area contributed by atoms with Gasteiger partial charge in [0.1, 0.15) is 0 Å². The van der Waals surface area contributed by atoms with Crippen LogP contribution in [-0.4, -0.2) is 24.0 Å².